The molecular formula is C14H14N6O2S. The lowest BCUT2D eigenvalue weighted by atomic mass is 10.2. The quantitative estimate of drug-likeness (QED) is 0.713. The normalized spacial score (nSPS) is 10.5. The summed E-state index contributed by atoms with van der Waals surface area (Å²) < 4.78 is 11.0. The van der Waals surface area contributed by atoms with Crippen LogP contribution in [0.4, 0.5) is 5.00 Å². The van der Waals surface area contributed by atoms with Gasteiger partial charge in [0.05, 0.1) is 11.4 Å². The number of tetrazole rings is 1. The number of hydrogen-bond acceptors (Lipinski definition) is 8. The summed E-state index contributed by atoms with van der Waals surface area (Å²) in [6.45, 7) is 1.74. The summed E-state index contributed by atoms with van der Waals surface area (Å²) in [6, 6.07) is 9.40. The highest BCUT2D eigenvalue weighted by Crippen LogP contribution is 2.24. The van der Waals surface area contributed by atoms with Gasteiger partial charge in [0.25, 0.3) is 0 Å². The number of aromatic nitrogens is 5. The highest BCUT2D eigenvalue weighted by Gasteiger charge is 2.20. The summed E-state index contributed by atoms with van der Waals surface area (Å²) in [5, 5.41) is 15.1. The van der Waals surface area contributed by atoms with Gasteiger partial charge in [-0.05, 0) is 41.0 Å². The van der Waals surface area contributed by atoms with E-state index in [9.17, 15) is 4.79 Å². The fraction of sp³-hybridized carbons (Fsp3) is 0.214. The first-order valence-electron chi connectivity index (χ1n) is 6.84. The molecule has 0 spiro atoms. The fourth-order valence-electron chi connectivity index (χ4n) is 2.05. The second kappa shape index (κ2) is 6.53. The lowest BCUT2D eigenvalue weighted by molar-refractivity contribution is 0.0460. The van der Waals surface area contributed by atoms with Crippen LogP contribution in [-0.2, 0) is 11.3 Å². The first-order chi connectivity index (χ1) is 11.2. The van der Waals surface area contributed by atoms with Gasteiger partial charge in [0, 0.05) is 7.05 Å². The van der Waals surface area contributed by atoms with Gasteiger partial charge in [0.1, 0.15) is 10.6 Å². The van der Waals surface area contributed by atoms with Crippen LogP contribution in [-0.4, -0.2) is 37.6 Å². The Balaban J connectivity index is 1.76. The van der Waals surface area contributed by atoms with Crippen molar-refractivity contribution in [1.82, 2.24) is 24.6 Å². The Morgan fingerprint density at radius 2 is 2.13 bits per heavy atom. The third kappa shape index (κ3) is 3.04. The first-order valence-corrected chi connectivity index (χ1v) is 7.62. The second-order valence-electron chi connectivity index (χ2n) is 4.64. The van der Waals surface area contributed by atoms with Gasteiger partial charge >= 0.3 is 5.97 Å². The minimum atomic E-state index is -0.455. The molecule has 0 amide bonds. The molecule has 0 fully saturated rings. The first kappa shape index (κ1) is 15.1. The number of anilines is 1. The smallest absolute Gasteiger partial charge is 0.343 e. The SMILES string of the molecule is CNc1snc(C)c1C(=O)OCc1nnnn1-c1ccccc1. The van der Waals surface area contributed by atoms with Gasteiger partial charge in [-0.25, -0.2) is 4.79 Å². The van der Waals surface area contributed by atoms with Crippen molar-refractivity contribution in [3.05, 3.63) is 47.4 Å². The molecular weight excluding hydrogens is 316 g/mol. The monoisotopic (exact) mass is 330 g/mol. The van der Waals surface area contributed by atoms with Crippen LogP contribution >= 0.6 is 11.5 Å². The van der Waals surface area contributed by atoms with E-state index in [4.69, 9.17) is 4.74 Å². The van der Waals surface area contributed by atoms with Crippen LogP contribution in [0.2, 0.25) is 0 Å². The minimum Gasteiger partial charge on any atom is -0.454 e. The lowest BCUT2D eigenvalue weighted by Crippen LogP contribution is -2.11. The number of benzene rings is 1. The van der Waals surface area contributed by atoms with Gasteiger partial charge in [-0.15, -0.1) is 5.10 Å². The number of nitrogens with zero attached hydrogens (tertiary/aromatic N) is 5. The maximum absolute atomic E-state index is 12.3. The number of nitrogens with one attached hydrogen (secondary N) is 1. The molecule has 9 heteroatoms. The Labute approximate surface area is 136 Å². The van der Waals surface area contributed by atoms with Crippen LogP contribution in [0, 0.1) is 6.92 Å². The molecule has 1 aromatic carbocycles. The van der Waals surface area contributed by atoms with Crippen LogP contribution in [0.25, 0.3) is 5.69 Å². The number of carbonyl (C=O) groups excluding carboxylic acids is 1. The predicted octanol–water partition coefficient (Wildman–Crippen LogP) is 1.83. The number of esters is 1. The predicted molar refractivity (Wildman–Crippen MR) is 84.7 cm³/mol. The van der Waals surface area contributed by atoms with E-state index >= 15 is 0 Å². The van der Waals surface area contributed by atoms with Crippen molar-refractivity contribution >= 4 is 22.5 Å². The molecule has 2 aromatic heterocycles. The molecule has 0 atom stereocenters. The van der Waals surface area contributed by atoms with Crippen molar-refractivity contribution in [3.8, 4) is 5.69 Å². The van der Waals surface area contributed by atoms with Crippen molar-refractivity contribution in [2.75, 3.05) is 12.4 Å². The topological polar surface area (TPSA) is 94.8 Å². The largest absolute Gasteiger partial charge is 0.454 e. The van der Waals surface area contributed by atoms with E-state index in [1.54, 1.807) is 14.0 Å². The van der Waals surface area contributed by atoms with E-state index in [1.807, 2.05) is 30.3 Å². The molecule has 0 bridgehead atoms. The Hall–Kier alpha value is -2.81. The van der Waals surface area contributed by atoms with Gasteiger partial charge < -0.3 is 10.1 Å². The molecule has 0 radical (unpaired) electrons. The standard InChI is InChI=1S/C14H14N6O2S/c1-9-12(13(15-2)23-17-9)14(21)22-8-11-16-18-19-20(11)10-6-4-3-5-7-10/h3-7,15H,8H2,1-2H3. The maximum atomic E-state index is 12.3. The van der Waals surface area contributed by atoms with E-state index in [2.05, 4.69) is 25.2 Å². The van der Waals surface area contributed by atoms with Crippen molar-refractivity contribution in [2.24, 2.45) is 0 Å². The molecule has 23 heavy (non-hydrogen) atoms. The van der Waals surface area contributed by atoms with Crippen molar-refractivity contribution < 1.29 is 9.53 Å². The summed E-state index contributed by atoms with van der Waals surface area (Å²) >= 11 is 1.22. The Morgan fingerprint density at radius 3 is 2.87 bits per heavy atom. The summed E-state index contributed by atoms with van der Waals surface area (Å²) in [6.07, 6.45) is 0. The van der Waals surface area contributed by atoms with Crippen LogP contribution in [0.5, 0.6) is 0 Å². The fourth-order valence-corrected chi connectivity index (χ4v) is 2.78. The highest BCUT2D eigenvalue weighted by molar-refractivity contribution is 7.10. The molecule has 3 aromatic rings. The highest BCUT2D eigenvalue weighted by atomic mass is 32.1. The third-order valence-electron chi connectivity index (χ3n) is 3.16. The van der Waals surface area contributed by atoms with Crippen LogP contribution in [0.1, 0.15) is 21.9 Å². The Morgan fingerprint density at radius 1 is 1.35 bits per heavy atom. The molecule has 0 saturated heterocycles. The molecule has 118 valence electrons. The third-order valence-corrected chi connectivity index (χ3v) is 4.12. The number of hydrogen-bond donors (Lipinski definition) is 1. The van der Waals surface area contributed by atoms with Crippen molar-refractivity contribution in [2.45, 2.75) is 13.5 Å². The van der Waals surface area contributed by atoms with E-state index in [-0.39, 0.29) is 6.61 Å². The van der Waals surface area contributed by atoms with E-state index in [1.165, 1.54) is 16.2 Å². The van der Waals surface area contributed by atoms with E-state index < -0.39 is 5.97 Å². The zero-order valence-electron chi connectivity index (χ0n) is 12.6. The van der Waals surface area contributed by atoms with Gasteiger partial charge in [0.15, 0.2) is 12.4 Å². The van der Waals surface area contributed by atoms with Gasteiger partial charge in [0.2, 0.25) is 0 Å². The van der Waals surface area contributed by atoms with Crippen LogP contribution < -0.4 is 5.32 Å². The number of aryl methyl sites for hydroxylation is 1. The van der Waals surface area contributed by atoms with E-state index in [0.717, 1.165) is 5.69 Å². The molecule has 0 aliphatic carbocycles. The van der Waals surface area contributed by atoms with Gasteiger partial charge in [-0.3, -0.25) is 0 Å². The summed E-state index contributed by atoms with van der Waals surface area (Å²) in [7, 11) is 1.74. The van der Waals surface area contributed by atoms with Crippen molar-refractivity contribution in [1.29, 1.82) is 0 Å². The molecule has 0 aliphatic rings. The zero-order valence-corrected chi connectivity index (χ0v) is 13.4. The molecule has 0 unspecified atom stereocenters. The average molecular weight is 330 g/mol. The second-order valence-corrected chi connectivity index (χ2v) is 5.41. The average Bonchev–Trinajstić information content (AvgIpc) is 3.19. The van der Waals surface area contributed by atoms with Gasteiger partial charge in [-0.1, -0.05) is 18.2 Å². The molecule has 0 aliphatic heterocycles. The molecule has 2 heterocycles. The number of para-hydroxylation sites is 1. The zero-order chi connectivity index (χ0) is 16.2. The van der Waals surface area contributed by atoms with Crippen LogP contribution in [0.3, 0.4) is 0 Å². The Kier molecular flexibility index (Phi) is 4.29. The molecule has 0 saturated carbocycles. The van der Waals surface area contributed by atoms with Crippen molar-refractivity contribution in [3.63, 3.8) is 0 Å². The summed E-state index contributed by atoms with van der Waals surface area (Å²) in [4.78, 5) is 12.3. The molecule has 8 nitrogen and oxygen atoms in total. The lowest BCUT2D eigenvalue weighted by Gasteiger charge is -2.06. The number of ether oxygens (including phenoxy) is 1. The molecule has 3 rings (SSSR count). The maximum Gasteiger partial charge on any atom is 0.343 e. The summed E-state index contributed by atoms with van der Waals surface area (Å²) in [5.41, 5.74) is 1.87. The van der Waals surface area contributed by atoms with Crippen LogP contribution in [0.15, 0.2) is 30.3 Å². The van der Waals surface area contributed by atoms with Gasteiger partial charge in [-0.2, -0.15) is 9.06 Å². The Bertz CT molecular complexity index is 814. The molecule has 1 N–H and O–H groups in total. The summed E-state index contributed by atoms with van der Waals surface area (Å²) in [5.74, 6) is -0.0142. The minimum absolute atomic E-state index is 0.0286. The number of carbonyl (C=O) groups is 1. The number of rotatable bonds is 5. The van der Waals surface area contributed by atoms with E-state index in [0.29, 0.717) is 22.1 Å².